The van der Waals surface area contributed by atoms with Crippen molar-refractivity contribution >= 4 is 28.9 Å². The van der Waals surface area contributed by atoms with Gasteiger partial charge in [-0.15, -0.1) is 0 Å². The van der Waals surface area contributed by atoms with E-state index in [1.54, 1.807) is 0 Å². The van der Waals surface area contributed by atoms with Crippen molar-refractivity contribution in [3.63, 3.8) is 0 Å². The molecule has 0 radical (unpaired) electrons. The molecule has 0 saturated carbocycles. The number of nitrogens with one attached hydrogen (secondary N) is 2. The van der Waals surface area contributed by atoms with E-state index in [4.69, 9.17) is 11.6 Å². The van der Waals surface area contributed by atoms with E-state index in [-0.39, 0.29) is 28.6 Å². The molecular formula is C13H14ClN3O3. The highest BCUT2D eigenvalue weighted by Crippen LogP contribution is 2.34. The number of nitro benzene ring substituents is 1. The van der Waals surface area contributed by atoms with E-state index < -0.39 is 4.92 Å². The summed E-state index contributed by atoms with van der Waals surface area (Å²) >= 11 is 5.83. The fourth-order valence-corrected chi connectivity index (χ4v) is 3.33. The number of carbonyl (C=O) groups excluding carboxylic acids is 1. The predicted octanol–water partition coefficient (Wildman–Crippen LogP) is 2.33. The second kappa shape index (κ2) is 5.03. The van der Waals surface area contributed by atoms with Crippen molar-refractivity contribution in [2.45, 2.75) is 31.3 Å². The molecule has 1 aromatic carbocycles. The molecular weight excluding hydrogens is 282 g/mol. The van der Waals surface area contributed by atoms with Gasteiger partial charge in [0.15, 0.2) is 0 Å². The van der Waals surface area contributed by atoms with E-state index in [9.17, 15) is 14.9 Å². The third kappa shape index (κ3) is 2.36. The fourth-order valence-electron chi connectivity index (χ4n) is 3.08. The Morgan fingerprint density at radius 1 is 1.45 bits per heavy atom. The van der Waals surface area contributed by atoms with Gasteiger partial charge in [0.25, 0.3) is 5.69 Å². The first kappa shape index (κ1) is 13.3. The molecule has 2 aliphatic rings. The Morgan fingerprint density at radius 3 is 2.80 bits per heavy atom. The van der Waals surface area contributed by atoms with Gasteiger partial charge in [-0.3, -0.25) is 14.9 Å². The molecule has 2 N–H and O–H groups in total. The van der Waals surface area contributed by atoms with Gasteiger partial charge in [0.2, 0.25) is 5.91 Å². The minimum absolute atomic E-state index is 0.0253. The van der Waals surface area contributed by atoms with Crippen LogP contribution >= 0.6 is 11.6 Å². The van der Waals surface area contributed by atoms with Crippen molar-refractivity contribution in [2.75, 3.05) is 5.32 Å². The quantitative estimate of drug-likeness (QED) is 0.662. The molecule has 2 aliphatic heterocycles. The SMILES string of the molecule is O=C(Nc1ccc([N+](=O)[O-])c(Cl)c1)C1CC2CCC1N2. The summed E-state index contributed by atoms with van der Waals surface area (Å²) in [6, 6.07) is 4.93. The van der Waals surface area contributed by atoms with Crippen LogP contribution in [-0.2, 0) is 4.79 Å². The van der Waals surface area contributed by atoms with Gasteiger partial charge in [-0.2, -0.15) is 0 Å². The number of carbonyl (C=O) groups is 1. The maximum absolute atomic E-state index is 12.2. The standard InChI is InChI=1S/C13H14ClN3O3/c14-10-6-8(2-4-12(10)17(19)20)16-13(18)9-5-7-1-3-11(9)15-7/h2,4,6-7,9,11,15H,1,3,5H2,(H,16,18). The van der Waals surface area contributed by atoms with Crippen LogP contribution < -0.4 is 10.6 Å². The lowest BCUT2D eigenvalue weighted by molar-refractivity contribution is -0.384. The lowest BCUT2D eigenvalue weighted by Crippen LogP contribution is -2.32. The van der Waals surface area contributed by atoms with Crippen molar-refractivity contribution in [2.24, 2.45) is 5.92 Å². The van der Waals surface area contributed by atoms with Crippen LogP contribution in [0.5, 0.6) is 0 Å². The summed E-state index contributed by atoms with van der Waals surface area (Å²) in [7, 11) is 0. The monoisotopic (exact) mass is 295 g/mol. The summed E-state index contributed by atoms with van der Waals surface area (Å²) in [6.45, 7) is 0. The molecule has 2 saturated heterocycles. The van der Waals surface area contributed by atoms with Gasteiger partial charge in [0, 0.05) is 23.8 Å². The highest BCUT2D eigenvalue weighted by atomic mass is 35.5. The normalized spacial score (nSPS) is 27.6. The van der Waals surface area contributed by atoms with Gasteiger partial charge < -0.3 is 10.6 Å². The van der Waals surface area contributed by atoms with Crippen molar-refractivity contribution in [1.29, 1.82) is 0 Å². The average Bonchev–Trinajstić information content (AvgIpc) is 3.00. The maximum Gasteiger partial charge on any atom is 0.288 e. The zero-order chi connectivity index (χ0) is 14.3. The zero-order valence-corrected chi connectivity index (χ0v) is 11.4. The van der Waals surface area contributed by atoms with Crippen LogP contribution in [0.15, 0.2) is 18.2 Å². The Hall–Kier alpha value is -1.66. The molecule has 2 fully saturated rings. The van der Waals surface area contributed by atoms with Crippen LogP contribution in [0.1, 0.15) is 19.3 Å². The van der Waals surface area contributed by atoms with Crippen LogP contribution in [0, 0.1) is 16.0 Å². The van der Waals surface area contributed by atoms with Crippen LogP contribution in [0.4, 0.5) is 11.4 Å². The summed E-state index contributed by atoms with van der Waals surface area (Å²) in [4.78, 5) is 22.3. The minimum Gasteiger partial charge on any atom is -0.326 e. The molecule has 20 heavy (non-hydrogen) atoms. The highest BCUT2D eigenvalue weighted by Gasteiger charge is 2.42. The lowest BCUT2D eigenvalue weighted by Gasteiger charge is -2.19. The van der Waals surface area contributed by atoms with Gasteiger partial charge in [-0.25, -0.2) is 0 Å². The first-order valence-electron chi connectivity index (χ1n) is 6.55. The largest absolute Gasteiger partial charge is 0.326 e. The van der Waals surface area contributed by atoms with E-state index in [0.717, 1.165) is 19.3 Å². The molecule has 3 rings (SSSR count). The number of hydrogen-bond donors (Lipinski definition) is 2. The Morgan fingerprint density at radius 2 is 2.25 bits per heavy atom. The average molecular weight is 296 g/mol. The van der Waals surface area contributed by atoms with Gasteiger partial charge >= 0.3 is 0 Å². The van der Waals surface area contributed by atoms with E-state index >= 15 is 0 Å². The molecule has 0 aromatic heterocycles. The van der Waals surface area contributed by atoms with E-state index in [1.165, 1.54) is 18.2 Å². The zero-order valence-electron chi connectivity index (χ0n) is 10.6. The number of benzene rings is 1. The molecule has 2 bridgehead atoms. The number of hydrogen-bond acceptors (Lipinski definition) is 4. The Labute approximate surface area is 120 Å². The third-order valence-electron chi connectivity index (χ3n) is 4.05. The molecule has 6 nitrogen and oxygen atoms in total. The molecule has 2 heterocycles. The second-order valence-corrected chi connectivity index (χ2v) is 5.71. The summed E-state index contributed by atoms with van der Waals surface area (Å²) in [5.74, 6) is -0.0719. The van der Waals surface area contributed by atoms with Gasteiger partial charge in [0.1, 0.15) is 5.02 Å². The fraction of sp³-hybridized carbons (Fsp3) is 0.462. The maximum atomic E-state index is 12.2. The molecule has 0 spiro atoms. The number of anilines is 1. The van der Waals surface area contributed by atoms with E-state index in [2.05, 4.69) is 10.6 Å². The first-order chi connectivity index (χ1) is 9.54. The topological polar surface area (TPSA) is 84.3 Å². The first-order valence-corrected chi connectivity index (χ1v) is 6.93. The van der Waals surface area contributed by atoms with Crippen LogP contribution in [0.2, 0.25) is 5.02 Å². The van der Waals surface area contributed by atoms with Gasteiger partial charge in [-0.05, 0) is 31.4 Å². The predicted molar refractivity (Wildman–Crippen MR) is 74.8 cm³/mol. The van der Waals surface area contributed by atoms with Crippen molar-refractivity contribution in [1.82, 2.24) is 5.32 Å². The molecule has 3 atom stereocenters. The van der Waals surface area contributed by atoms with Gasteiger partial charge in [-0.1, -0.05) is 11.6 Å². The van der Waals surface area contributed by atoms with Crippen molar-refractivity contribution in [3.05, 3.63) is 33.3 Å². The van der Waals surface area contributed by atoms with Crippen molar-refractivity contribution in [3.8, 4) is 0 Å². The molecule has 7 heteroatoms. The van der Waals surface area contributed by atoms with Crippen LogP contribution in [0.3, 0.4) is 0 Å². The summed E-state index contributed by atoms with van der Waals surface area (Å²) in [6.07, 6.45) is 3.03. The number of fused-ring (bicyclic) bond motifs is 2. The third-order valence-corrected chi connectivity index (χ3v) is 4.35. The lowest BCUT2D eigenvalue weighted by atomic mass is 9.88. The number of nitrogens with zero attached hydrogens (tertiary/aromatic N) is 1. The number of halogens is 1. The minimum atomic E-state index is -0.548. The summed E-state index contributed by atoms with van der Waals surface area (Å²) in [5.41, 5.74) is 0.333. The van der Waals surface area contributed by atoms with Crippen LogP contribution in [0.25, 0.3) is 0 Å². The van der Waals surface area contributed by atoms with Gasteiger partial charge in [0.05, 0.1) is 10.8 Å². The van der Waals surface area contributed by atoms with Crippen LogP contribution in [-0.4, -0.2) is 22.9 Å². The van der Waals surface area contributed by atoms with Crippen molar-refractivity contribution < 1.29 is 9.72 Å². The molecule has 1 amide bonds. The van der Waals surface area contributed by atoms with E-state index in [0.29, 0.717) is 11.7 Å². The summed E-state index contributed by atoms with van der Waals surface area (Å²) < 4.78 is 0. The summed E-state index contributed by atoms with van der Waals surface area (Å²) in [5, 5.41) is 16.9. The molecule has 3 unspecified atom stereocenters. The Kier molecular flexibility index (Phi) is 3.35. The number of rotatable bonds is 3. The second-order valence-electron chi connectivity index (χ2n) is 5.30. The Balaban J connectivity index is 1.70. The molecule has 0 aliphatic carbocycles. The number of nitro groups is 1. The Bertz CT molecular complexity index is 578. The van der Waals surface area contributed by atoms with E-state index in [1.807, 2.05) is 0 Å². The number of amides is 1. The smallest absolute Gasteiger partial charge is 0.288 e. The highest BCUT2D eigenvalue weighted by molar-refractivity contribution is 6.33. The molecule has 1 aromatic rings. The molecule has 106 valence electrons.